The van der Waals surface area contributed by atoms with Gasteiger partial charge >= 0.3 is 0 Å². The Morgan fingerprint density at radius 3 is 3.16 bits per heavy atom. The Balaban J connectivity index is 2.06. The number of hydrogen-bond acceptors (Lipinski definition) is 5. The van der Waals surface area contributed by atoms with Gasteiger partial charge in [0, 0.05) is 38.7 Å². The molecule has 1 aliphatic heterocycles. The van der Waals surface area contributed by atoms with Crippen LogP contribution in [0.4, 0.5) is 5.82 Å². The van der Waals surface area contributed by atoms with Crippen molar-refractivity contribution in [3.05, 3.63) is 17.6 Å². The summed E-state index contributed by atoms with van der Waals surface area (Å²) in [4.78, 5) is 22.3. The highest BCUT2D eigenvalue weighted by atomic mass is 16.2. The van der Waals surface area contributed by atoms with Crippen LogP contribution in [-0.4, -0.2) is 42.6 Å². The van der Waals surface area contributed by atoms with Gasteiger partial charge in [0.15, 0.2) is 0 Å². The second kappa shape index (κ2) is 6.47. The molecule has 1 aromatic rings. The fourth-order valence-electron chi connectivity index (χ4n) is 2.19. The van der Waals surface area contributed by atoms with Crippen LogP contribution in [-0.2, 0) is 17.8 Å². The Morgan fingerprint density at radius 2 is 2.37 bits per heavy atom. The third kappa shape index (κ3) is 3.41. The Labute approximate surface area is 113 Å². The molecule has 0 unspecified atom stereocenters. The first kappa shape index (κ1) is 13.7. The zero-order valence-corrected chi connectivity index (χ0v) is 11.6. The van der Waals surface area contributed by atoms with Crippen LogP contribution < -0.4 is 15.5 Å². The number of carbonyl (C=O) groups is 1. The zero-order chi connectivity index (χ0) is 13.7. The van der Waals surface area contributed by atoms with Crippen molar-refractivity contribution in [3.8, 4) is 0 Å². The standard InChI is InChI=1S/C13H21N5O/c1-3-5-15-12(19)8-18(2)13-10-7-14-6-4-11(10)16-9-17-13/h9,14H,3-8H2,1-2H3,(H,15,19). The topological polar surface area (TPSA) is 70.2 Å². The number of amides is 1. The van der Waals surface area contributed by atoms with Gasteiger partial charge in [-0.3, -0.25) is 4.79 Å². The van der Waals surface area contributed by atoms with Crippen LogP contribution in [0.25, 0.3) is 0 Å². The minimum atomic E-state index is 0.0282. The molecule has 0 radical (unpaired) electrons. The van der Waals surface area contributed by atoms with Gasteiger partial charge in [-0.05, 0) is 6.42 Å². The van der Waals surface area contributed by atoms with Gasteiger partial charge in [0.05, 0.1) is 12.2 Å². The monoisotopic (exact) mass is 263 g/mol. The van der Waals surface area contributed by atoms with Gasteiger partial charge in [0.1, 0.15) is 12.1 Å². The minimum absolute atomic E-state index is 0.0282. The van der Waals surface area contributed by atoms with Crippen LogP contribution >= 0.6 is 0 Å². The summed E-state index contributed by atoms with van der Waals surface area (Å²) in [5, 5.41) is 6.19. The highest BCUT2D eigenvalue weighted by Gasteiger charge is 2.18. The van der Waals surface area contributed by atoms with E-state index in [2.05, 4.69) is 20.6 Å². The molecule has 0 aliphatic carbocycles. The number of likely N-dealkylation sites (N-methyl/N-ethyl adjacent to an activating group) is 1. The first-order chi connectivity index (χ1) is 9.22. The van der Waals surface area contributed by atoms with Gasteiger partial charge in [-0.25, -0.2) is 9.97 Å². The Hall–Kier alpha value is -1.69. The summed E-state index contributed by atoms with van der Waals surface area (Å²) in [6.07, 6.45) is 3.45. The van der Waals surface area contributed by atoms with Gasteiger partial charge in [-0.1, -0.05) is 6.92 Å². The first-order valence-electron chi connectivity index (χ1n) is 6.73. The van der Waals surface area contributed by atoms with E-state index in [1.807, 2.05) is 18.9 Å². The molecule has 0 fully saturated rings. The molecule has 0 saturated carbocycles. The van der Waals surface area contributed by atoms with E-state index in [9.17, 15) is 4.79 Å². The molecule has 104 valence electrons. The van der Waals surface area contributed by atoms with Gasteiger partial charge in [0.2, 0.25) is 5.91 Å². The molecule has 6 heteroatoms. The highest BCUT2D eigenvalue weighted by molar-refractivity contribution is 5.81. The summed E-state index contributed by atoms with van der Waals surface area (Å²) in [5.41, 5.74) is 2.20. The lowest BCUT2D eigenvalue weighted by molar-refractivity contribution is -0.119. The van der Waals surface area contributed by atoms with Crippen LogP contribution in [0.15, 0.2) is 6.33 Å². The van der Waals surface area contributed by atoms with Crippen molar-refractivity contribution in [1.82, 2.24) is 20.6 Å². The van der Waals surface area contributed by atoms with E-state index >= 15 is 0 Å². The van der Waals surface area contributed by atoms with Crippen LogP contribution in [0.3, 0.4) is 0 Å². The third-order valence-corrected chi connectivity index (χ3v) is 3.17. The van der Waals surface area contributed by atoms with E-state index in [-0.39, 0.29) is 5.91 Å². The molecule has 0 aromatic carbocycles. The van der Waals surface area contributed by atoms with Gasteiger partial charge in [-0.2, -0.15) is 0 Å². The van der Waals surface area contributed by atoms with Crippen molar-refractivity contribution in [2.75, 3.05) is 31.6 Å². The van der Waals surface area contributed by atoms with Gasteiger partial charge < -0.3 is 15.5 Å². The van der Waals surface area contributed by atoms with E-state index in [1.54, 1.807) is 6.33 Å². The van der Waals surface area contributed by atoms with Crippen molar-refractivity contribution >= 4 is 11.7 Å². The smallest absolute Gasteiger partial charge is 0.239 e. The number of hydrogen-bond donors (Lipinski definition) is 2. The minimum Gasteiger partial charge on any atom is -0.355 e. The molecule has 0 atom stereocenters. The molecule has 0 saturated heterocycles. The molecular weight excluding hydrogens is 242 g/mol. The second-order valence-corrected chi connectivity index (χ2v) is 4.76. The molecule has 6 nitrogen and oxygen atoms in total. The Morgan fingerprint density at radius 1 is 1.53 bits per heavy atom. The van der Waals surface area contributed by atoms with Crippen molar-refractivity contribution < 1.29 is 4.79 Å². The van der Waals surface area contributed by atoms with E-state index in [0.29, 0.717) is 6.54 Å². The Bertz CT molecular complexity index is 449. The van der Waals surface area contributed by atoms with Crippen molar-refractivity contribution in [3.63, 3.8) is 0 Å². The normalized spacial score (nSPS) is 13.8. The number of fused-ring (bicyclic) bond motifs is 1. The summed E-state index contributed by atoms with van der Waals surface area (Å²) in [6.45, 7) is 4.80. The number of aromatic nitrogens is 2. The van der Waals surface area contributed by atoms with Gasteiger partial charge in [-0.15, -0.1) is 0 Å². The molecule has 2 heterocycles. The lowest BCUT2D eigenvalue weighted by Crippen LogP contribution is -2.37. The predicted molar refractivity (Wildman–Crippen MR) is 74.0 cm³/mol. The number of nitrogens with one attached hydrogen (secondary N) is 2. The zero-order valence-electron chi connectivity index (χ0n) is 11.6. The average molecular weight is 263 g/mol. The summed E-state index contributed by atoms with van der Waals surface area (Å²) in [6, 6.07) is 0. The summed E-state index contributed by atoms with van der Waals surface area (Å²) in [7, 11) is 1.89. The fraction of sp³-hybridized carbons (Fsp3) is 0.615. The van der Waals surface area contributed by atoms with Crippen LogP contribution in [0, 0.1) is 0 Å². The van der Waals surface area contributed by atoms with Crippen molar-refractivity contribution in [2.45, 2.75) is 26.3 Å². The Kier molecular flexibility index (Phi) is 4.68. The van der Waals surface area contributed by atoms with Gasteiger partial charge in [0.25, 0.3) is 0 Å². The first-order valence-corrected chi connectivity index (χ1v) is 6.73. The third-order valence-electron chi connectivity index (χ3n) is 3.17. The van der Waals surface area contributed by atoms with Crippen LogP contribution in [0.1, 0.15) is 24.6 Å². The molecule has 2 N–H and O–H groups in total. The molecule has 1 aliphatic rings. The quantitative estimate of drug-likeness (QED) is 0.787. The maximum absolute atomic E-state index is 11.7. The molecule has 1 amide bonds. The average Bonchev–Trinajstić information content (AvgIpc) is 2.44. The van der Waals surface area contributed by atoms with E-state index in [0.717, 1.165) is 49.6 Å². The van der Waals surface area contributed by atoms with Crippen LogP contribution in [0.5, 0.6) is 0 Å². The molecule has 0 bridgehead atoms. The number of nitrogens with zero attached hydrogens (tertiary/aromatic N) is 3. The predicted octanol–water partition coefficient (Wildman–Crippen LogP) is 0.0847. The number of rotatable bonds is 5. The summed E-state index contributed by atoms with van der Waals surface area (Å²) < 4.78 is 0. The SMILES string of the molecule is CCCNC(=O)CN(C)c1ncnc2c1CNCC2. The summed E-state index contributed by atoms with van der Waals surface area (Å²) >= 11 is 0. The van der Waals surface area contributed by atoms with E-state index in [1.165, 1.54) is 0 Å². The molecule has 1 aromatic heterocycles. The molecule has 19 heavy (non-hydrogen) atoms. The lowest BCUT2D eigenvalue weighted by atomic mass is 10.1. The molecule has 0 spiro atoms. The summed E-state index contributed by atoms with van der Waals surface area (Å²) in [5.74, 6) is 0.879. The van der Waals surface area contributed by atoms with E-state index in [4.69, 9.17) is 0 Å². The maximum atomic E-state index is 11.7. The second-order valence-electron chi connectivity index (χ2n) is 4.76. The van der Waals surface area contributed by atoms with Crippen molar-refractivity contribution in [2.24, 2.45) is 0 Å². The number of carbonyl (C=O) groups excluding carboxylic acids is 1. The number of anilines is 1. The maximum Gasteiger partial charge on any atom is 0.239 e. The largest absolute Gasteiger partial charge is 0.355 e. The fourth-order valence-corrected chi connectivity index (χ4v) is 2.19. The van der Waals surface area contributed by atoms with E-state index < -0.39 is 0 Å². The molecular formula is C13H21N5O. The van der Waals surface area contributed by atoms with Crippen molar-refractivity contribution in [1.29, 1.82) is 0 Å². The highest BCUT2D eigenvalue weighted by Crippen LogP contribution is 2.20. The van der Waals surface area contributed by atoms with Crippen LogP contribution in [0.2, 0.25) is 0 Å². The molecule has 2 rings (SSSR count). The lowest BCUT2D eigenvalue weighted by Gasteiger charge is -2.24.